The Bertz CT molecular complexity index is 303. The van der Waals surface area contributed by atoms with Crippen molar-refractivity contribution >= 4 is 27.5 Å². The Morgan fingerprint density at radius 1 is 1.54 bits per heavy atom. The van der Waals surface area contributed by atoms with E-state index in [-0.39, 0.29) is 11.2 Å². The molecule has 0 aromatic heterocycles. The van der Waals surface area contributed by atoms with E-state index in [0.29, 0.717) is 11.3 Å². The van der Waals surface area contributed by atoms with Crippen molar-refractivity contribution in [2.24, 2.45) is 0 Å². The molecule has 2 nitrogen and oxygen atoms in total. The molecule has 0 radical (unpaired) electrons. The van der Waals surface area contributed by atoms with Gasteiger partial charge in [-0.05, 0) is 17.7 Å². The molecule has 0 aliphatic carbocycles. The number of benzene rings is 1. The predicted octanol–water partition coefficient (Wildman–Crippen LogP) is 2.49. The van der Waals surface area contributed by atoms with E-state index in [2.05, 4.69) is 21.2 Å². The van der Waals surface area contributed by atoms with Gasteiger partial charge in [-0.25, -0.2) is 4.39 Å². The number of hydrogen-bond donors (Lipinski definition) is 1. The SMILES string of the molecule is O=C(CBr)Nc1cccc(CF)c1. The zero-order valence-electron chi connectivity index (χ0n) is 6.89. The third-order valence-electron chi connectivity index (χ3n) is 1.49. The highest BCUT2D eigenvalue weighted by molar-refractivity contribution is 9.09. The molecular formula is C9H9BrFNO. The highest BCUT2D eigenvalue weighted by atomic mass is 79.9. The van der Waals surface area contributed by atoms with Gasteiger partial charge in [-0.1, -0.05) is 28.1 Å². The summed E-state index contributed by atoms with van der Waals surface area (Å²) in [7, 11) is 0. The number of halogens is 2. The molecule has 1 amide bonds. The number of carbonyl (C=O) groups excluding carboxylic acids is 1. The fourth-order valence-electron chi connectivity index (χ4n) is 0.927. The molecule has 1 aromatic carbocycles. The summed E-state index contributed by atoms with van der Waals surface area (Å²) >= 11 is 3.02. The quantitative estimate of drug-likeness (QED) is 0.815. The Morgan fingerprint density at radius 2 is 2.31 bits per heavy atom. The summed E-state index contributed by atoms with van der Waals surface area (Å²) in [5.74, 6) is -0.143. The van der Waals surface area contributed by atoms with E-state index in [0.717, 1.165) is 0 Å². The molecule has 1 N–H and O–H groups in total. The first kappa shape index (κ1) is 10.2. The normalized spacial score (nSPS) is 9.69. The fourth-order valence-corrected chi connectivity index (χ4v) is 1.07. The third kappa shape index (κ3) is 3.14. The number of hydrogen-bond acceptors (Lipinski definition) is 1. The summed E-state index contributed by atoms with van der Waals surface area (Å²) in [6.07, 6.45) is 0. The molecule has 0 saturated carbocycles. The summed E-state index contributed by atoms with van der Waals surface area (Å²) < 4.78 is 12.2. The highest BCUT2D eigenvalue weighted by Gasteiger charge is 1.99. The zero-order chi connectivity index (χ0) is 9.68. The molecule has 0 aliphatic rings. The van der Waals surface area contributed by atoms with Crippen molar-refractivity contribution in [3.8, 4) is 0 Å². The van der Waals surface area contributed by atoms with Gasteiger partial charge >= 0.3 is 0 Å². The van der Waals surface area contributed by atoms with Crippen molar-refractivity contribution in [3.63, 3.8) is 0 Å². The monoisotopic (exact) mass is 245 g/mol. The van der Waals surface area contributed by atoms with Crippen LogP contribution in [-0.2, 0) is 11.5 Å². The first-order valence-electron chi connectivity index (χ1n) is 3.77. The van der Waals surface area contributed by atoms with Crippen LogP contribution >= 0.6 is 15.9 Å². The second kappa shape index (κ2) is 4.97. The summed E-state index contributed by atoms with van der Waals surface area (Å²) in [5, 5.41) is 2.86. The molecular weight excluding hydrogens is 237 g/mol. The largest absolute Gasteiger partial charge is 0.325 e. The van der Waals surface area contributed by atoms with Crippen LogP contribution in [0.1, 0.15) is 5.56 Å². The lowest BCUT2D eigenvalue weighted by molar-refractivity contribution is -0.113. The number of alkyl halides is 2. The Kier molecular flexibility index (Phi) is 3.89. The Hall–Kier alpha value is -0.900. The minimum absolute atomic E-state index is 0.143. The van der Waals surface area contributed by atoms with Gasteiger partial charge in [0.05, 0.1) is 5.33 Å². The Labute approximate surface area is 84.3 Å². The van der Waals surface area contributed by atoms with Crippen LogP contribution < -0.4 is 5.32 Å². The van der Waals surface area contributed by atoms with Gasteiger partial charge in [0.25, 0.3) is 0 Å². The van der Waals surface area contributed by atoms with Crippen molar-refractivity contribution in [1.82, 2.24) is 0 Å². The van der Waals surface area contributed by atoms with Crippen LogP contribution in [0.4, 0.5) is 10.1 Å². The number of anilines is 1. The molecule has 0 spiro atoms. The molecule has 0 fully saturated rings. The van der Waals surface area contributed by atoms with Gasteiger partial charge in [0.1, 0.15) is 6.67 Å². The Morgan fingerprint density at radius 3 is 2.92 bits per heavy atom. The molecule has 0 bridgehead atoms. The average Bonchev–Trinajstić information content (AvgIpc) is 2.18. The molecule has 0 saturated heterocycles. The first-order valence-corrected chi connectivity index (χ1v) is 4.89. The maximum Gasteiger partial charge on any atom is 0.235 e. The third-order valence-corrected chi connectivity index (χ3v) is 2.00. The minimum atomic E-state index is -0.516. The first-order chi connectivity index (χ1) is 6.26. The second-order valence-electron chi connectivity index (χ2n) is 2.52. The summed E-state index contributed by atoms with van der Waals surface area (Å²) in [4.78, 5) is 10.9. The van der Waals surface area contributed by atoms with Crippen LogP contribution in [0.15, 0.2) is 24.3 Å². The molecule has 4 heteroatoms. The van der Waals surface area contributed by atoms with Crippen molar-refractivity contribution < 1.29 is 9.18 Å². The van der Waals surface area contributed by atoms with Gasteiger partial charge < -0.3 is 5.32 Å². The minimum Gasteiger partial charge on any atom is -0.325 e. The molecule has 1 aromatic rings. The number of amides is 1. The van der Waals surface area contributed by atoms with Crippen LogP contribution in [0.3, 0.4) is 0 Å². The van der Waals surface area contributed by atoms with Crippen molar-refractivity contribution in [3.05, 3.63) is 29.8 Å². The van der Waals surface area contributed by atoms with E-state index in [1.54, 1.807) is 24.3 Å². The van der Waals surface area contributed by atoms with Crippen LogP contribution in [-0.4, -0.2) is 11.2 Å². The van der Waals surface area contributed by atoms with E-state index < -0.39 is 6.67 Å². The standard InChI is InChI=1S/C9H9BrFNO/c10-5-9(13)12-8-3-1-2-7(4-8)6-11/h1-4H,5-6H2,(H,12,13). The van der Waals surface area contributed by atoms with Gasteiger partial charge in [0.15, 0.2) is 0 Å². The lowest BCUT2D eigenvalue weighted by atomic mass is 10.2. The molecule has 0 unspecified atom stereocenters. The van der Waals surface area contributed by atoms with E-state index in [1.807, 2.05) is 0 Å². The van der Waals surface area contributed by atoms with Crippen LogP contribution in [0.25, 0.3) is 0 Å². The van der Waals surface area contributed by atoms with Crippen molar-refractivity contribution in [1.29, 1.82) is 0 Å². The molecule has 0 aliphatic heterocycles. The summed E-state index contributed by atoms with van der Waals surface area (Å²) in [6.45, 7) is -0.516. The maximum atomic E-state index is 12.2. The van der Waals surface area contributed by atoms with Gasteiger partial charge in [-0.2, -0.15) is 0 Å². The summed E-state index contributed by atoms with van der Waals surface area (Å²) in [5.41, 5.74) is 1.19. The molecule has 70 valence electrons. The number of nitrogens with one attached hydrogen (secondary N) is 1. The average molecular weight is 246 g/mol. The van der Waals surface area contributed by atoms with Crippen molar-refractivity contribution in [2.45, 2.75) is 6.67 Å². The smallest absolute Gasteiger partial charge is 0.235 e. The molecule has 0 atom stereocenters. The molecule has 1 rings (SSSR count). The van der Waals surface area contributed by atoms with E-state index in [4.69, 9.17) is 0 Å². The maximum absolute atomic E-state index is 12.2. The number of rotatable bonds is 3. The molecule has 13 heavy (non-hydrogen) atoms. The van der Waals surface area contributed by atoms with Gasteiger partial charge in [0, 0.05) is 5.69 Å². The Balaban J connectivity index is 2.71. The van der Waals surface area contributed by atoms with E-state index in [9.17, 15) is 9.18 Å². The topological polar surface area (TPSA) is 29.1 Å². The van der Waals surface area contributed by atoms with Gasteiger partial charge in [-0.15, -0.1) is 0 Å². The van der Waals surface area contributed by atoms with E-state index in [1.165, 1.54) is 0 Å². The van der Waals surface area contributed by atoms with Gasteiger partial charge in [0.2, 0.25) is 5.91 Å². The molecule has 0 heterocycles. The number of carbonyl (C=O) groups is 1. The zero-order valence-corrected chi connectivity index (χ0v) is 8.47. The van der Waals surface area contributed by atoms with Crippen LogP contribution in [0.2, 0.25) is 0 Å². The summed E-state index contributed by atoms with van der Waals surface area (Å²) in [6, 6.07) is 6.71. The lowest BCUT2D eigenvalue weighted by Gasteiger charge is -2.03. The highest BCUT2D eigenvalue weighted by Crippen LogP contribution is 2.11. The van der Waals surface area contributed by atoms with E-state index >= 15 is 0 Å². The van der Waals surface area contributed by atoms with Gasteiger partial charge in [-0.3, -0.25) is 4.79 Å². The fraction of sp³-hybridized carbons (Fsp3) is 0.222. The predicted molar refractivity (Wildman–Crippen MR) is 53.7 cm³/mol. The van der Waals surface area contributed by atoms with Crippen molar-refractivity contribution in [2.75, 3.05) is 10.6 Å². The second-order valence-corrected chi connectivity index (χ2v) is 3.08. The van der Waals surface area contributed by atoms with Crippen LogP contribution in [0.5, 0.6) is 0 Å². The lowest BCUT2D eigenvalue weighted by Crippen LogP contribution is -2.12. The van der Waals surface area contributed by atoms with Crippen LogP contribution in [0, 0.1) is 0 Å².